The van der Waals surface area contributed by atoms with Gasteiger partial charge in [0.05, 0.1) is 12.6 Å². The number of unbranched alkanes of at least 4 members (excludes halogenated alkanes) is 2. The highest BCUT2D eigenvalue weighted by molar-refractivity contribution is 7.80. The lowest BCUT2D eigenvalue weighted by Gasteiger charge is -2.29. The maximum absolute atomic E-state index is 13.5. The van der Waals surface area contributed by atoms with Crippen LogP contribution >= 0.6 is 12.6 Å². The molecule has 0 aliphatic carbocycles. The number of rotatable bonds is 27. The number of nitrogens with one attached hydrogen (secondary N) is 6. The Hall–Kier alpha value is -5.07. The standard InChI is InChI=1S/C38H65N11O12S/c1-21(43-29(50)19-42-34(56)27-11-7-18-49(27)37(59)26(20-62)47-32(54)23(41)13-14-30(51)52)31(53)44-22(2)36(58)48-17-8-12-28(48)35(57)45-24(9-3-5-15-39)33(55)46-25(38(60)61)10-4-6-16-40/h21-28,62H,3-20,39-41H2,1-2H3,(H,42,56)(H,43,50)(H,44,53)(H,45,57)(H,46,55)(H,47,54)(H,51,52)(H,60,61)/t21-,22-,23-,24-,25-,26-,27-,28-/m0/s1. The van der Waals surface area contributed by atoms with Crippen molar-refractivity contribution in [1.29, 1.82) is 0 Å². The molecule has 0 spiro atoms. The molecule has 0 saturated carbocycles. The van der Waals surface area contributed by atoms with Crippen LogP contribution in [0.15, 0.2) is 0 Å². The average molecular weight is 900 g/mol. The van der Waals surface area contributed by atoms with E-state index in [1.165, 1.54) is 23.6 Å². The van der Waals surface area contributed by atoms with Crippen molar-refractivity contribution >= 4 is 71.8 Å². The van der Waals surface area contributed by atoms with Crippen molar-refractivity contribution in [2.45, 2.75) is 139 Å². The molecule has 0 bridgehead atoms. The summed E-state index contributed by atoms with van der Waals surface area (Å²) in [5, 5.41) is 33.5. The molecule has 0 aromatic heterocycles. The van der Waals surface area contributed by atoms with Crippen LogP contribution in [-0.4, -0.2) is 166 Å². The molecule has 62 heavy (non-hydrogen) atoms. The number of carboxylic acids is 2. The largest absolute Gasteiger partial charge is 0.481 e. The van der Waals surface area contributed by atoms with Crippen molar-refractivity contribution in [2.24, 2.45) is 17.2 Å². The quantitative estimate of drug-likeness (QED) is 0.0276. The summed E-state index contributed by atoms with van der Waals surface area (Å²) in [4.78, 5) is 130. The van der Waals surface area contributed by atoms with Crippen LogP contribution in [0.25, 0.3) is 0 Å². The van der Waals surface area contributed by atoms with E-state index >= 15 is 0 Å². The van der Waals surface area contributed by atoms with Gasteiger partial charge in [-0.15, -0.1) is 0 Å². The third-order valence-corrected chi connectivity index (χ3v) is 10.9. The molecule has 0 aromatic rings. The van der Waals surface area contributed by atoms with Crippen molar-refractivity contribution in [2.75, 3.05) is 38.5 Å². The third-order valence-electron chi connectivity index (χ3n) is 10.5. The van der Waals surface area contributed by atoms with Crippen molar-refractivity contribution in [1.82, 2.24) is 41.7 Å². The van der Waals surface area contributed by atoms with E-state index in [2.05, 4.69) is 44.5 Å². The van der Waals surface area contributed by atoms with E-state index in [1.807, 2.05) is 0 Å². The highest BCUT2D eigenvalue weighted by atomic mass is 32.1. The minimum atomic E-state index is -1.22. The lowest BCUT2D eigenvalue weighted by molar-refractivity contribution is -0.143. The lowest BCUT2D eigenvalue weighted by Crippen LogP contribution is -2.58. The van der Waals surface area contributed by atoms with Gasteiger partial charge in [-0.3, -0.25) is 43.2 Å². The zero-order valence-corrected chi connectivity index (χ0v) is 36.3. The summed E-state index contributed by atoms with van der Waals surface area (Å²) in [5.41, 5.74) is 16.9. The number of nitrogens with zero attached hydrogens (tertiary/aromatic N) is 2. The van der Waals surface area contributed by atoms with Crippen LogP contribution in [0.4, 0.5) is 0 Å². The van der Waals surface area contributed by atoms with Crippen LogP contribution in [0.2, 0.25) is 0 Å². The fourth-order valence-electron chi connectivity index (χ4n) is 7.02. The highest BCUT2D eigenvalue weighted by Crippen LogP contribution is 2.21. The predicted octanol–water partition coefficient (Wildman–Crippen LogP) is -3.99. The monoisotopic (exact) mass is 899 g/mol. The van der Waals surface area contributed by atoms with Gasteiger partial charge >= 0.3 is 11.9 Å². The van der Waals surface area contributed by atoms with Gasteiger partial charge in [0, 0.05) is 25.3 Å². The van der Waals surface area contributed by atoms with Crippen LogP contribution in [-0.2, 0) is 47.9 Å². The van der Waals surface area contributed by atoms with Crippen LogP contribution in [0, 0.1) is 0 Å². The van der Waals surface area contributed by atoms with Gasteiger partial charge in [-0.2, -0.15) is 12.6 Å². The van der Waals surface area contributed by atoms with Crippen LogP contribution in [0.3, 0.4) is 0 Å². The molecular weight excluding hydrogens is 835 g/mol. The SMILES string of the molecule is C[C@H](NC(=O)CNC(=O)[C@@H]1CCCN1C(=O)[C@H](CS)NC(=O)[C@@H](N)CCC(=O)O)C(=O)N[C@@H](C)C(=O)N1CCC[C@H]1C(=O)N[C@@H](CCCCN)C(=O)N[C@@H](CCCCN)C(=O)O. The zero-order chi connectivity index (χ0) is 46.5. The molecule has 24 heteroatoms. The van der Waals surface area contributed by atoms with Crippen molar-refractivity contribution < 1.29 is 58.2 Å². The molecule has 2 aliphatic rings. The molecule has 8 amide bonds. The van der Waals surface area contributed by atoms with E-state index in [4.69, 9.17) is 22.3 Å². The summed E-state index contributed by atoms with van der Waals surface area (Å²) >= 11 is 4.14. The number of amides is 8. The average Bonchev–Trinajstić information content (AvgIpc) is 3.93. The highest BCUT2D eigenvalue weighted by Gasteiger charge is 2.40. The summed E-state index contributed by atoms with van der Waals surface area (Å²) in [5.74, 6) is -7.89. The molecule has 8 atom stereocenters. The second-order valence-electron chi connectivity index (χ2n) is 15.4. The Morgan fingerprint density at radius 2 is 1.19 bits per heavy atom. The van der Waals surface area contributed by atoms with Gasteiger partial charge in [0.25, 0.3) is 0 Å². The van der Waals surface area contributed by atoms with Crippen LogP contribution in [0.1, 0.15) is 90.9 Å². The van der Waals surface area contributed by atoms with Crippen molar-refractivity contribution in [3.8, 4) is 0 Å². The number of hydrogen-bond donors (Lipinski definition) is 12. The minimum absolute atomic E-state index is 0.132. The first-order chi connectivity index (χ1) is 29.4. The van der Waals surface area contributed by atoms with Gasteiger partial charge in [0.1, 0.15) is 42.3 Å². The molecule has 0 unspecified atom stereocenters. The molecule has 2 rings (SSSR count). The number of thiol groups is 1. The normalized spacial score (nSPS) is 18.9. The Morgan fingerprint density at radius 1 is 0.645 bits per heavy atom. The molecule has 0 aromatic carbocycles. The molecule has 2 saturated heterocycles. The Balaban J connectivity index is 1.94. The zero-order valence-electron chi connectivity index (χ0n) is 35.4. The van der Waals surface area contributed by atoms with Crippen molar-refractivity contribution in [3.63, 3.8) is 0 Å². The molecular formula is C38H65N11O12S. The van der Waals surface area contributed by atoms with Crippen LogP contribution < -0.4 is 49.1 Å². The second kappa shape index (κ2) is 27.1. The van der Waals surface area contributed by atoms with E-state index in [9.17, 15) is 53.1 Å². The molecule has 23 nitrogen and oxygen atoms in total. The Bertz CT molecular complexity index is 1610. The van der Waals surface area contributed by atoms with Gasteiger partial charge in [-0.1, -0.05) is 0 Å². The Morgan fingerprint density at radius 3 is 1.74 bits per heavy atom. The van der Waals surface area contributed by atoms with E-state index < -0.39 is 114 Å². The van der Waals surface area contributed by atoms with Gasteiger partial charge in [-0.05, 0) is 97.6 Å². The number of aliphatic carboxylic acids is 2. The van der Waals surface area contributed by atoms with E-state index in [-0.39, 0.29) is 57.4 Å². The first kappa shape index (κ1) is 53.1. The van der Waals surface area contributed by atoms with Gasteiger partial charge in [0.15, 0.2) is 0 Å². The number of carbonyl (C=O) groups excluding carboxylic acids is 8. The summed E-state index contributed by atoms with van der Waals surface area (Å²) in [6.45, 7) is 3.29. The first-order valence-corrected chi connectivity index (χ1v) is 21.6. The second-order valence-corrected chi connectivity index (χ2v) is 15.8. The number of nitrogens with two attached hydrogens (primary N) is 3. The maximum atomic E-state index is 13.5. The predicted molar refractivity (Wildman–Crippen MR) is 226 cm³/mol. The third kappa shape index (κ3) is 17.0. The molecule has 350 valence electrons. The minimum Gasteiger partial charge on any atom is -0.481 e. The van der Waals surface area contributed by atoms with E-state index in [0.717, 1.165) is 0 Å². The topological polar surface area (TPSA) is 368 Å². The summed E-state index contributed by atoms with van der Waals surface area (Å²) in [6, 6.07) is -8.87. The molecule has 14 N–H and O–H groups in total. The maximum Gasteiger partial charge on any atom is 0.326 e. The Kier molecular flexibility index (Phi) is 23.2. The molecule has 2 fully saturated rings. The summed E-state index contributed by atoms with van der Waals surface area (Å²) in [7, 11) is 0. The molecule has 2 aliphatic heterocycles. The smallest absolute Gasteiger partial charge is 0.326 e. The lowest BCUT2D eigenvalue weighted by atomic mass is 10.1. The summed E-state index contributed by atoms with van der Waals surface area (Å²) < 4.78 is 0. The molecule has 2 heterocycles. The summed E-state index contributed by atoms with van der Waals surface area (Å²) in [6.07, 6.45) is 3.34. The van der Waals surface area contributed by atoms with Crippen LogP contribution in [0.5, 0.6) is 0 Å². The first-order valence-electron chi connectivity index (χ1n) is 21.0. The van der Waals surface area contributed by atoms with Crippen molar-refractivity contribution in [3.05, 3.63) is 0 Å². The molecule has 0 radical (unpaired) electrons. The van der Waals surface area contributed by atoms with Gasteiger partial charge in [-0.25, -0.2) is 4.79 Å². The number of hydrogen-bond acceptors (Lipinski definition) is 14. The number of carbonyl (C=O) groups is 10. The van der Waals surface area contributed by atoms with Gasteiger partial charge in [0.2, 0.25) is 47.3 Å². The van der Waals surface area contributed by atoms with E-state index in [1.54, 1.807) is 0 Å². The fraction of sp³-hybridized carbons (Fsp3) is 0.737. The van der Waals surface area contributed by atoms with Gasteiger partial charge < -0.3 is 69.1 Å². The van der Waals surface area contributed by atoms with E-state index in [0.29, 0.717) is 51.6 Å². The Labute approximate surface area is 365 Å². The fourth-order valence-corrected chi connectivity index (χ4v) is 7.27. The number of likely N-dealkylation sites (tertiary alicyclic amines) is 2. The number of carboxylic acid groups (broad SMARTS) is 2.